The SMILES string of the molecule is CC(C)C[C@H](NS(=O)(=O)c1cccc(C(=O)NC2CC2)c1)C(=O)O. The van der Waals surface area contributed by atoms with E-state index >= 15 is 0 Å². The summed E-state index contributed by atoms with van der Waals surface area (Å²) in [5, 5.41) is 12.0. The average molecular weight is 354 g/mol. The molecule has 0 spiro atoms. The Morgan fingerprint density at radius 2 is 1.96 bits per heavy atom. The molecule has 1 aromatic rings. The van der Waals surface area contributed by atoms with E-state index < -0.39 is 22.0 Å². The Labute approximate surface area is 141 Å². The lowest BCUT2D eigenvalue weighted by Gasteiger charge is -2.17. The van der Waals surface area contributed by atoms with Crippen molar-refractivity contribution in [2.45, 2.75) is 50.1 Å². The predicted octanol–water partition coefficient (Wildman–Crippen LogP) is 1.36. The average Bonchev–Trinajstić information content (AvgIpc) is 3.30. The van der Waals surface area contributed by atoms with Crippen LogP contribution in [-0.2, 0) is 14.8 Å². The van der Waals surface area contributed by atoms with Crippen LogP contribution in [0.15, 0.2) is 29.2 Å². The minimum absolute atomic E-state index is 0.0180. The third-order valence-electron chi connectivity index (χ3n) is 3.62. The van der Waals surface area contributed by atoms with Crippen molar-refractivity contribution < 1.29 is 23.1 Å². The Balaban J connectivity index is 2.18. The van der Waals surface area contributed by atoms with Gasteiger partial charge in [-0.25, -0.2) is 8.42 Å². The molecule has 1 aliphatic carbocycles. The smallest absolute Gasteiger partial charge is 0.321 e. The zero-order valence-electron chi connectivity index (χ0n) is 13.7. The van der Waals surface area contributed by atoms with Crippen LogP contribution in [0.25, 0.3) is 0 Å². The number of sulfonamides is 1. The third kappa shape index (κ3) is 5.04. The molecule has 0 radical (unpaired) electrons. The number of hydrogen-bond donors (Lipinski definition) is 3. The molecule has 0 aromatic heterocycles. The number of carbonyl (C=O) groups is 2. The van der Waals surface area contributed by atoms with Gasteiger partial charge in [0.05, 0.1) is 4.90 Å². The van der Waals surface area contributed by atoms with Gasteiger partial charge in [0.15, 0.2) is 0 Å². The summed E-state index contributed by atoms with van der Waals surface area (Å²) in [4.78, 5) is 23.2. The second kappa shape index (κ2) is 7.31. The number of benzene rings is 1. The van der Waals surface area contributed by atoms with Crippen LogP contribution in [0.1, 0.15) is 43.5 Å². The number of carboxylic acid groups (broad SMARTS) is 1. The quantitative estimate of drug-likeness (QED) is 0.652. The minimum Gasteiger partial charge on any atom is -0.480 e. The first-order valence-corrected chi connectivity index (χ1v) is 9.33. The van der Waals surface area contributed by atoms with E-state index in [1.54, 1.807) is 0 Å². The Morgan fingerprint density at radius 3 is 2.50 bits per heavy atom. The zero-order chi connectivity index (χ0) is 17.9. The molecular weight excluding hydrogens is 332 g/mol. The van der Waals surface area contributed by atoms with Crippen molar-refractivity contribution in [2.75, 3.05) is 0 Å². The summed E-state index contributed by atoms with van der Waals surface area (Å²) in [5.74, 6) is -1.54. The third-order valence-corrected chi connectivity index (χ3v) is 5.09. The van der Waals surface area contributed by atoms with Gasteiger partial charge in [0.25, 0.3) is 5.91 Å². The summed E-state index contributed by atoms with van der Waals surface area (Å²) in [6.07, 6.45) is 2.04. The highest BCUT2D eigenvalue weighted by Gasteiger charge is 2.27. The molecule has 2 rings (SSSR count). The summed E-state index contributed by atoms with van der Waals surface area (Å²) >= 11 is 0. The highest BCUT2D eigenvalue weighted by atomic mass is 32.2. The summed E-state index contributed by atoms with van der Waals surface area (Å²) in [7, 11) is -4.03. The van der Waals surface area contributed by atoms with Gasteiger partial charge in [-0.3, -0.25) is 9.59 Å². The maximum atomic E-state index is 12.4. The molecule has 1 aromatic carbocycles. The van der Waals surface area contributed by atoms with E-state index in [-0.39, 0.29) is 34.7 Å². The maximum Gasteiger partial charge on any atom is 0.321 e. The monoisotopic (exact) mass is 354 g/mol. The normalized spacial score (nSPS) is 16.0. The van der Waals surface area contributed by atoms with Crippen LogP contribution < -0.4 is 10.0 Å². The largest absolute Gasteiger partial charge is 0.480 e. The number of rotatable bonds is 8. The lowest BCUT2D eigenvalue weighted by atomic mass is 10.1. The predicted molar refractivity (Wildman–Crippen MR) is 88.1 cm³/mol. The van der Waals surface area contributed by atoms with E-state index in [4.69, 9.17) is 0 Å². The highest BCUT2D eigenvalue weighted by molar-refractivity contribution is 7.89. The number of aliphatic carboxylic acids is 1. The van der Waals surface area contributed by atoms with Crippen LogP contribution in [-0.4, -0.2) is 37.5 Å². The minimum atomic E-state index is -4.03. The Kier molecular flexibility index (Phi) is 5.61. The van der Waals surface area contributed by atoms with Gasteiger partial charge in [0, 0.05) is 11.6 Å². The van der Waals surface area contributed by atoms with Crippen LogP contribution in [0.3, 0.4) is 0 Å². The lowest BCUT2D eigenvalue weighted by Crippen LogP contribution is -2.41. The van der Waals surface area contributed by atoms with Gasteiger partial charge in [-0.05, 0) is 43.4 Å². The molecule has 0 unspecified atom stereocenters. The molecular formula is C16H22N2O5S. The Hall–Kier alpha value is -1.93. The molecule has 0 bridgehead atoms. The van der Waals surface area contributed by atoms with E-state index in [1.165, 1.54) is 24.3 Å². The fourth-order valence-electron chi connectivity index (χ4n) is 2.23. The molecule has 132 valence electrons. The summed E-state index contributed by atoms with van der Waals surface area (Å²) in [5.41, 5.74) is 0.237. The van der Waals surface area contributed by atoms with Crippen molar-refractivity contribution in [3.05, 3.63) is 29.8 Å². The van der Waals surface area contributed by atoms with Crippen LogP contribution in [0.2, 0.25) is 0 Å². The van der Waals surface area contributed by atoms with Gasteiger partial charge in [0.2, 0.25) is 10.0 Å². The summed E-state index contributed by atoms with van der Waals surface area (Å²) < 4.78 is 27.1. The second-order valence-corrected chi connectivity index (χ2v) is 8.13. The van der Waals surface area contributed by atoms with E-state index in [0.717, 1.165) is 12.8 Å². The van der Waals surface area contributed by atoms with Gasteiger partial charge < -0.3 is 10.4 Å². The molecule has 0 saturated heterocycles. The van der Waals surface area contributed by atoms with E-state index in [1.807, 2.05) is 13.8 Å². The first kappa shape index (κ1) is 18.4. The number of carboxylic acids is 1. The van der Waals surface area contributed by atoms with Crippen molar-refractivity contribution in [3.8, 4) is 0 Å². The number of nitrogens with one attached hydrogen (secondary N) is 2. The maximum absolute atomic E-state index is 12.4. The summed E-state index contributed by atoms with van der Waals surface area (Å²) in [6.45, 7) is 3.63. The molecule has 7 nitrogen and oxygen atoms in total. The first-order valence-electron chi connectivity index (χ1n) is 7.85. The molecule has 0 heterocycles. The standard InChI is InChI=1S/C16H22N2O5S/c1-10(2)8-14(16(20)21)18-24(22,23)13-5-3-4-11(9-13)15(19)17-12-6-7-12/h3-5,9-10,12,14,18H,6-8H2,1-2H3,(H,17,19)(H,20,21)/t14-/m0/s1. The Morgan fingerprint density at radius 1 is 1.29 bits per heavy atom. The Bertz CT molecular complexity index is 726. The first-order chi connectivity index (χ1) is 11.2. The molecule has 1 atom stereocenters. The zero-order valence-corrected chi connectivity index (χ0v) is 14.5. The summed E-state index contributed by atoms with van der Waals surface area (Å²) in [6, 6.07) is 4.55. The van der Waals surface area contributed by atoms with Gasteiger partial charge >= 0.3 is 5.97 Å². The molecule has 1 fully saturated rings. The van der Waals surface area contributed by atoms with Gasteiger partial charge in [-0.1, -0.05) is 19.9 Å². The van der Waals surface area contributed by atoms with Crippen LogP contribution >= 0.6 is 0 Å². The van der Waals surface area contributed by atoms with Crippen molar-refractivity contribution in [2.24, 2.45) is 5.92 Å². The van der Waals surface area contributed by atoms with Crippen molar-refractivity contribution >= 4 is 21.9 Å². The number of carbonyl (C=O) groups excluding carboxylic acids is 1. The topological polar surface area (TPSA) is 113 Å². The number of amides is 1. The van der Waals surface area contributed by atoms with Crippen LogP contribution in [0, 0.1) is 5.92 Å². The lowest BCUT2D eigenvalue weighted by molar-refractivity contribution is -0.139. The number of hydrogen-bond acceptors (Lipinski definition) is 4. The van der Waals surface area contributed by atoms with Crippen molar-refractivity contribution in [1.29, 1.82) is 0 Å². The fourth-order valence-corrected chi connectivity index (χ4v) is 3.47. The van der Waals surface area contributed by atoms with E-state index in [2.05, 4.69) is 10.0 Å². The fraction of sp³-hybridized carbons (Fsp3) is 0.500. The molecule has 3 N–H and O–H groups in total. The molecule has 24 heavy (non-hydrogen) atoms. The van der Waals surface area contributed by atoms with Crippen LogP contribution in [0.4, 0.5) is 0 Å². The molecule has 1 saturated carbocycles. The van der Waals surface area contributed by atoms with Gasteiger partial charge in [0.1, 0.15) is 6.04 Å². The molecule has 1 aliphatic rings. The highest BCUT2D eigenvalue weighted by Crippen LogP contribution is 2.20. The van der Waals surface area contributed by atoms with Crippen molar-refractivity contribution in [3.63, 3.8) is 0 Å². The van der Waals surface area contributed by atoms with E-state index in [9.17, 15) is 23.1 Å². The van der Waals surface area contributed by atoms with Gasteiger partial charge in [-0.2, -0.15) is 4.72 Å². The van der Waals surface area contributed by atoms with Gasteiger partial charge in [-0.15, -0.1) is 0 Å². The molecule has 1 amide bonds. The molecule has 0 aliphatic heterocycles. The van der Waals surface area contributed by atoms with Crippen molar-refractivity contribution in [1.82, 2.24) is 10.0 Å². The van der Waals surface area contributed by atoms with E-state index in [0.29, 0.717) is 0 Å². The molecule has 8 heteroatoms. The second-order valence-electron chi connectivity index (χ2n) is 6.42. The van der Waals surface area contributed by atoms with Crippen LogP contribution in [0.5, 0.6) is 0 Å².